The van der Waals surface area contributed by atoms with Gasteiger partial charge in [0, 0.05) is 23.7 Å². The number of aryl methyl sites for hydroxylation is 1. The van der Waals surface area contributed by atoms with Crippen molar-refractivity contribution in [2.75, 3.05) is 6.61 Å². The first-order chi connectivity index (χ1) is 13.2. The van der Waals surface area contributed by atoms with Crippen LogP contribution < -0.4 is 14.8 Å². The second kappa shape index (κ2) is 10.0. The molecule has 0 atom stereocenters. The second-order valence-corrected chi connectivity index (χ2v) is 7.72. The van der Waals surface area contributed by atoms with Gasteiger partial charge in [-0.25, -0.2) is 0 Å². The zero-order valence-corrected chi connectivity index (χ0v) is 17.1. The van der Waals surface area contributed by atoms with Crippen molar-refractivity contribution in [3.05, 3.63) is 58.1 Å². The van der Waals surface area contributed by atoms with Crippen LogP contribution in [0.25, 0.3) is 0 Å². The smallest absolute Gasteiger partial charge is 0.163 e. The van der Waals surface area contributed by atoms with E-state index in [0.717, 1.165) is 28.4 Å². The third-order valence-electron chi connectivity index (χ3n) is 5.11. The molecular formula is C23H30ClNO2. The summed E-state index contributed by atoms with van der Waals surface area (Å²) in [6.07, 6.45) is 6.52. The van der Waals surface area contributed by atoms with Crippen molar-refractivity contribution >= 4 is 11.6 Å². The molecule has 0 unspecified atom stereocenters. The number of rotatable bonds is 8. The van der Waals surface area contributed by atoms with Gasteiger partial charge in [0.05, 0.1) is 6.61 Å². The standard InChI is InChI=1S/C23H30ClNO2/c1-3-26-22-13-19(15-25-20-7-5-4-6-8-20)21(24)14-23(22)27-16-18-11-9-17(2)10-12-18/h9-14,20,25H,3-8,15-16H2,1-2H3. The average Bonchev–Trinajstić information content (AvgIpc) is 2.69. The van der Waals surface area contributed by atoms with E-state index in [1.165, 1.54) is 37.7 Å². The van der Waals surface area contributed by atoms with Gasteiger partial charge in [0.25, 0.3) is 0 Å². The molecule has 0 radical (unpaired) electrons. The van der Waals surface area contributed by atoms with Crippen molar-refractivity contribution in [1.82, 2.24) is 5.32 Å². The number of halogens is 1. The fraction of sp³-hybridized carbons (Fsp3) is 0.478. The van der Waals surface area contributed by atoms with Gasteiger partial charge >= 0.3 is 0 Å². The van der Waals surface area contributed by atoms with Crippen LogP contribution in [-0.4, -0.2) is 12.6 Å². The van der Waals surface area contributed by atoms with E-state index in [4.69, 9.17) is 21.1 Å². The van der Waals surface area contributed by atoms with Gasteiger partial charge < -0.3 is 14.8 Å². The highest BCUT2D eigenvalue weighted by molar-refractivity contribution is 6.31. The minimum absolute atomic E-state index is 0.496. The Morgan fingerprint density at radius 2 is 1.70 bits per heavy atom. The van der Waals surface area contributed by atoms with Gasteiger partial charge in [0.2, 0.25) is 0 Å². The maximum absolute atomic E-state index is 6.55. The largest absolute Gasteiger partial charge is 0.490 e. The van der Waals surface area contributed by atoms with Gasteiger partial charge in [0.1, 0.15) is 6.61 Å². The third kappa shape index (κ3) is 5.88. The Labute approximate surface area is 168 Å². The first-order valence-electron chi connectivity index (χ1n) is 10.0. The molecule has 4 heteroatoms. The Kier molecular flexibility index (Phi) is 7.42. The molecule has 0 spiro atoms. The minimum Gasteiger partial charge on any atom is -0.490 e. The van der Waals surface area contributed by atoms with Crippen LogP contribution in [0.15, 0.2) is 36.4 Å². The van der Waals surface area contributed by atoms with Gasteiger partial charge in [-0.1, -0.05) is 60.7 Å². The van der Waals surface area contributed by atoms with Gasteiger partial charge in [0.15, 0.2) is 11.5 Å². The summed E-state index contributed by atoms with van der Waals surface area (Å²) in [5.74, 6) is 1.46. The minimum atomic E-state index is 0.496. The first-order valence-corrected chi connectivity index (χ1v) is 10.4. The quantitative estimate of drug-likeness (QED) is 0.598. The second-order valence-electron chi connectivity index (χ2n) is 7.31. The van der Waals surface area contributed by atoms with Crippen LogP contribution in [0.3, 0.4) is 0 Å². The fourth-order valence-electron chi connectivity index (χ4n) is 3.50. The predicted octanol–water partition coefficient (Wildman–Crippen LogP) is 6.05. The van der Waals surface area contributed by atoms with E-state index in [1.54, 1.807) is 0 Å². The van der Waals surface area contributed by atoms with E-state index in [1.807, 2.05) is 19.1 Å². The summed E-state index contributed by atoms with van der Waals surface area (Å²) in [4.78, 5) is 0. The molecule has 0 aromatic heterocycles. The molecular weight excluding hydrogens is 358 g/mol. The Hall–Kier alpha value is -1.71. The van der Waals surface area contributed by atoms with Crippen molar-refractivity contribution in [1.29, 1.82) is 0 Å². The molecule has 146 valence electrons. The van der Waals surface area contributed by atoms with Gasteiger partial charge in [-0.15, -0.1) is 0 Å². The number of hydrogen-bond acceptors (Lipinski definition) is 3. The van der Waals surface area contributed by atoms with Gasteiger partial charge in [-0.3, -0.25) is 0 Å². The van der Waals surface area contributed by atoms with Crippen LogP contribution in [0, 0.1) is 6.92 Å². The lowest BCUT2D eigenvalue weighted by atomic mass is 9.95. The molecule has 0 bridgehead atoms. The lowest BCUT2D eigenvalue weighted by Crippen LogP contribution is -2.30. The van der Waals surface area contributed by atoms with Crippen molar-refractivity contribution in [3.63, 3.8) is 0 Å². The first kappa shape index (κ1) is 20.0. The Morgan fingerprint density at radius 1 is 1.00 bits per heavy atom. The monoisotopic (exact) mass is 387 g/mol. The zero-order chi connectivity index (χ0) is 19.1. The molecule has 0 heterocycles. The summed E-state index contributed by atoms with van der Waals surface area (Å²) in [6, 6.07) is 12.9. The molecule has 27 heavy (non-hydrogen) atoms. The normalized spacial score (nSPS) is 14.9. The molecule has 2 aromatic rings. The molecule has 3 nitrogen and oxygen atoms in total. The van der Waals surface area contributed by atoms with E-state index >= 15 is 0 Å². The van der Waals surface area contributed by atoms with Crippen LogP contribution in [0.5, 0.6) is 11.5 Å². The molecule has 1 N–H and O–H groups in total. The van der Waals surface area contributed by atoms with Crippen LogP contribution in [-0.2, 0) is 13.2 Å². The molecule has 2 aromatic carbocycles. The summed E-state index contributed by atoms with van der Waals surface area (Å²) in [7, 11) is 0. The third-order valence-corrected chi connectivity index (χ3v) is 5.47. The van der Waals surface area contributed by atoms with E-state index in [-0.39, 0.29) is 0 Å². The van der Waals surface area contributed by atoms with E-state index in [9.17, 15) is 0 Å². The van der Waals surface area contributed by atoms with Crippen LogP contribution in [0.2, 0.25) is 5.02 Å². The Bertz CT molecular complexity index is 724. The SMILES string of the molecule is CCOc1cc(CNC2CCCCC2)c(Cl)cc1OCc1ccc(C)cc1. The van der Waals surface area contributed by atoms with Crippen molar-refractivity contribution in [2.45, 2.75) is 65.1 Å². The number of hydrogen-bond donors (Lipinski definition) is 1. The van der Waals surface area contributed by atoms with Gasteiger partial charge in [-0.05, 0) is 43.9 Å². The summed E-state index contributed by atoms with van der Waals surface area (Å²) in [5, 5.41) is 4.37. The number of nitrogens with one attached hydrogen (secondary N) is 1. The van der Waals surface area contributed by atoms with Crippen LogP contribution in [0.1, 0.15) is 55.7 Å². The van der Waals surface area contributed by atoms with Crippen molar-refractivity contribution in [2.24, 2.45) is 0 Å². The van der Waals surface area contributed by atoms with Crippen LogP contribution >= 0.6 is 11.6 Å². The van der Waals surface area contributed by atoms with Crippen molar-refractivity contribution < 1.29 is 9.47 Å². The van der Waals surface area contributed by atoms with Crippen LogP contribution in [0.4, 0.5) is 0 Å². The van der Waals surface area contributed by atoms with E-state index in [2.05, 4.69) is 36.5 Å². The highest BCUT2D eigenvalue weighted by Gasteiger charge is 2.15. The molecule has 3 rings (SSSR count). The lowest BCUT2D eigenvalue weighted by Gasteiger charge is -2.23. The van der Waals surface area contributed by atoms with E-state index in [0.29, 0.717) is 25.0 Å². The number of ether oxygens (including phenoxy) is 2. The highest BCUT2D eigenvalue weighted by atomic mass is 35.5. The predicted molar refractivity (Wildman–Crippen MR) is 112 cm³/mol. The summed E-state index contributed by atoms with van der Waals surface area (Å²) >= 11 is 6.55. The summed E-state index contributed by atoms with van der Waals surface area (Å²) < 4.78 is 11.8. The highest BCUT2D eigenvalue weighted by Crippen LogP contribution is 2.34. The van der Waals surface area contributed by atoms with Gasteiger partial charge in [-0.2, -0.15) is 0 Å². The summed E-state index contributed by atoms with van der Waals surface area (Å²) in [6.45, 7) is 5.92. The number of benzene rings is 2. The molecule has 1 fully saturated rings. The average molecular weight is 388 g/mol. The molecule has 0 saturated heterocycles. The lowest BCUT2D eigenvalue weighted by molar-refractivity contribution is 0.269. The molecule has 1 aliphatic carbocycles. The Morgan fingerprint density at radius 3 is 2.41 bits per heavy atom. The maximum atomic E-state index is 6.55. The topological polar surface area (TPSA) is 30.5 Å². The summed E-state index contributed by atoms with van der Waals surface area (Å²) in [5.41, 5.74) is 3.43. The molecule has 0 amide bonds. The molecule has 1 saturated carbocycles. The van der Waals surface area contributed by atoms with Crippen molar-refractivity contribution in [3.8, 4) is 11.5 Å². The molecule has 0 aliphatic heterocycles. The fourth-order valence-corrected chi connectivity index (χ4v) is 3.72. The maximum Gasteiger partial charge on any atom is 0.163 e. The zero-order valence-electron chi connectivity index (χ0n) is 16.4. The Balaban J connectivity index is 1.67. The van der Waals surface area contributed by atoms with E-state index < -0.39 is 0 Å². The molecule has 1 aliphatic rings.